The van der Waals surface area contributed by atoms with E-state index in [2.05, 4.69) is 74.1 Å². The molecule has 0 spiro atoms. The number of rotatable bonds is 3. The van der Waals surface area contributed by atoms with Crippen molar-refractivity contribution in [3.63, 3.8) is 0 Å². The average molecular weight is 1110 g/mol. The lowest BCUT2D eigenvalue weighted by molar-refractivity contribution is 0.585. The van der Waals surface area contributed by atoms with Gasteiger partial charge in [0.05, 0.1) is 4.88 Å². The molecule has 0 aliphatic carbocycles. The highest BCUT2D eigenvalue weighted by atomic mass is 128. The Bertz CT molecular complexity index is 1470. The fraction of sp³-hybridized carbons (Fsp3) is 0.143. The molecule has 6 nitrogen and oxygen atoms in total. The molecule has 0 saturated heterocycles. The van der Waals surface area contributed by atoms with Crippen LogP contribution in [0.15, 0.2) is 79.8 Å². The maximum absolute atomic E-state index is 12.9. The van der Waals surface area contributed by atoms with Gasteiger partial charge in [0.15, 0.2) is 0 Å². The minimum absolute atomic E-state index is 0. The Kier molecular flexibility index (Phi) is 22.6. The van der Waals surface area contributed by atoms with Gasteiger partial charge in [-0.1, -0.05) is 19.0 Å². The van der Waals surface area contributed by atoms with Gasteiger partial charge in [0.1, 0.15) is 20.2 Å². The normalized spacial score (nSPS) is 9.19. The molecule has 6 heterocycles. The van der Waals surface area contributed by atoms with Gasteiger partial charge in [0, 0.05) is 107 Å². The predicted molar refractivity (Wildman–Crippen MR) is 221 cm³/mol. The highest BCUT2D eigenvalue weighted by Crippen LogP contribution is 2.29. The van der Waals surface area contributed by atoms with Crippen LogP contribution in [0.2, 0.25) is 5.15 Å². The van der Waals surface area contributed by atoms with Crippen molar-refractivity contribution in [3.05, 3.63) is 106 Å². The van der Waals surface area contributed by atoms with Crippen LogP contribution in [0.5, 0.6) is 0 Å². The molecule has 0 fully saturated rings. The molecule has 6 aromatic rings. The van der Waals surface area contributed by atoms with Crippen molar-refractivity contribution >= 4 is 131 Å². The van der Waals surface area contributed by atoms with Crippen molar-refractivity contribution in [1.82, 2.24) is 29.9 Å². The Labute approximate surface area is 326 Å². The summed E-state index contributed by atoms with van der Waals surface area (Å²) in [5.41, 5.74) is 2.97. The predicted octanol–water partition coefficient (Wildman–Crippen LogP) is 12.0. The largest absolute Gasteiger partial charge is 0.264 e. The molecular formula is C28H28ClFI4N6S3. The Morgan fingerprint density at radius 2 is 1.09 bits per heavy atom. The standard InChI is InChI=1S/C9H7ClN2S.C9H7FN2S.C9H8N2S.CH4.I2.2HI/c2*1-6-8(10)12-9(13-6)7-3-2-4-11-5-7;1-7-5-11-9(12-7)8-3-2-4-10-6-8;;1-2;;/h2*2-5H,1H3;2-6H,1H3;1H4;;2*1H. The molecule has 0 radical (unpaired) electrons. The minimum Gasteiger partial charge on any atom is -0.264 e. The van der Waals surface area contributed by atoms with Crippen molar-refractivity contribution < 1.29 is 4.39 Å². The Balaban J connectivity index is 0.000000578. The smallest absolute Gasteiger partial charge is 0.227 e. The van der Waals surface area contributed by atoms with E-state index >= 15 is 0 Å². The molecule has 6 rings (SSSR count). The van der Waals surface area contributed by atoms with Gasteiger partial charge in [0.25, 0.3) is 0 Å². The molecule has 0 atom stereocenters. The van der Waals surface area contributed by atoms with Crippen LogP contribution >= 0.6 is 131 Å². The van der Waals surface area contributed by atoms with E-state index in [0.717, 1.165) is 31.6 Å². The first-order chi connectivity index (χ1) is 19.4. The number of hydrogen-bond donors (Lipinski definition) is 0. The number of hydrogen-bond acceptors (Lipinski definition) is 9. The van der Waals surface area contributed by atoms with Gasteiger partial charge < -0.3 is 0 Å². The summed E-state index contributed by atoms with van der Waals surface area (Å²) in [5, 5.41) is 3.24. The van der Waals surface area contributed by atoms with Gasteiger partial charge in [-0.05, 0) is 57.2 Å². The zero-order valence-electron chi connectivity index (χ0n) is 22.2. The quantitative estimate of drug-likeness (QED) is 0.164. The van der Waals surface area contributed by atoms with E-state index in [9.17, 15) is 4.39 Å². The van der Waals surface area contributed by atoms with Crippen LogP contribution in [0.25, 0.3) is 31.7 Å². The SMILES string of the molecule is C.Cc1cnc(-c2cccnc2)s1.Cc1sc(-c2cccnc2)nc1Cl.Cc1sc(-c2cccnc2)nc1F.I.I.II. The van der Waals surface area contributed by atoms with Crippen molar-refractivity contribution in [2.75, 3.05) is 0 Å². The number of aromatic nitrogens is 6. The monoisotopic (exact) mass is 1110 g/mol. The molecule has 0 amide bonds. The maximum atomic E-state index is 12.9. The summed E-state index contributed by atoms with van der Waals surface area (Å²) < 4.78 is 12.9. The molecule has 0 bridgehead atoms. The van der Waals surface area contributed by atoms with Gasteiger partial charge in [-0.25, -0.2) is 15.0 Å². The molecule has 15 heteroatoms. The second-order valence-corrected chi connectivity index (χ2v) is 11.7. The van der Waals surface area contributed by atoms with Crippen LogP contribution in [0, 0.1) is 26.7 Å². The Morgan fingerprint density at radius 3 is 1.42 bits per heavy atom. The molecule has 230 valence electrons. The summed E-state index contributed by atoms with van der Waals surface area (Å²) in [4.78, 5) is 27.2. The number of halogens is 6. The third-order valence-corrected chi connectivity index (χ3v) is 8.28. The topological polar surface area (TPSA) is 77.3 Å². The highest BCUT2D eigenvalue weighted by Gasteiger charge is 2.08. The molecule has 6 aromatic heterocycles. The van der Waals surface area contributed by atoms with Crippen LogP contribution in [0.3, 0.4) is 0 Å². The van der Waals surface area contributed by atoms with E-state index in [1.807, 2.05) is 55.7 Å². The lowest BCUT2D eigenvalue weighted by Gasteiger charge is -1.91. The highest BCUT2D eigenvalue weighted by molar-refractivity contribution is 15.0. The molecule has 0 aromatic carbocycles. The van der Waals surface area contributed by atoms with E-state index in [1.165, 1.54) is 16.2 Å². The Morgan fingerprint density at radius 1 is 0.651 bits per heavy atom. The van der Waals surface area contributed by atoms with E-state index in [1.54, 1.807) is 60.6 Å². The summed E-state index contributed by atoms with van der Waals surface area (Å²) in [5.74, 6) is -0.385. The van der Waals surface area contributed by atoms with E-state index in [0.29, 0.717) is 15.0 Å². The maximum Gasteiger partial charge on any atom is 0.227 e. The lowest BCUT2D eigenvalue weighted by atomic mass is 10.3. The molecule has 0 saturated carbocycles. The third kappa shape index (κ3) is 13.8. The number of nitrogens with zero attached hydrogens (tertiary/aromatic N) is 6. The van der Waals surface area contributed by atoms with E-state index < -0.39 is 0 Å². The van der Waals surface area contributed by atoms with Crippen LogP contribution in [0.1, 0.15) is 22.1 Å². The van der Waals surface area contributed by atoms with Crippen molar-refractivity contribution in [2.45, 2.75) is 28.2 Å². The van der Waals surface area contributed by atoms with Crippen molar-refractivity contribution in [2.24, 2.45) is 0 Å². The van der Waals surface area contributed by atoms with Gasteiger partial charge in [-0.2, -0.15) is 4.39 Å². The molecule has 0 N–H and O–H groups in total. The fourth-order valence-corrected chi connectivity index (χ4v) is 5.54. The average Bonchev–Trinajstić information content (AvgIpc) is 3.70. The zero-order chi connectivity index (χ0) is 28.9. The van der Waals surface area contributed by atoms with Gasteiger partial charge >= 0.3 is 0 Å². The van der Waals surface area contributed by atoms with Gasteiger partial charge in [-0.15, -0.1) is 82.0 Å². The number of thiazole rings is 3. The van der Waals surface area contributed by atoms with E-state index in [-0.39, 0.29) is 61.3 Å². The summed E-state index contributed by atoms with van der Waals surface area (Å²) in [7, 11) is 0. The van der Waals surface area contributed by atoms with Crippen molar-refractivity contribution in [1.29, 1.82) is 0 Å². The summed E-state index contributed by atoms with van der Waals surface area (Å²) >= 11 is 14.7. The molecular weight excluding hydrogens is 1080 g/mol. The first-order valence-electron chi connectivity index (χ1n) is 11.4. The summed E-state index contributed by atoms with van der Waals surface area (Å²) in [6, 6.07) is 11.5. The summed E-state index contributed by atoms with van der Waals surface area (Å²) in [6.07, 6.45) is 12.4. The molecule has 0 aliphatic heterocycles. The number of aryl methyl sites for hydroxylation is 3. The molecule has 0 unspecified atom stereocenters. The first-order valence-corrected chi connectivity index (χ1v) is 20.6. The van der Waals surface area contributed by atoms with Crippen LogP contribution in [-0.2, 0) is 0 Å². The second kappa shape index (κ2) is 22.9. The van der Waals surface area contributed by atoms with Gasteiger partial charge in [-0.3, -0.25) is 15.0 Å². The second-order valence-electron chi connectivity index (χ2n) is 7.73. The fourth-order valence-electron chi connectivity index (χ4n) is 2.96. The number of pyridine rings is 3. The third-order valence-electron chi connectivity index (χ3n) is 4.83. The van der Waals surface area contributed by atoms with Crippen molar-refractivity contribution in [3.8, 4) is 31.7 Å². The lowest BCUT2D eigenvalue weighted by Crippen LogP contribution is -1.78. The van der Waals surface area contributed by atoms with Gasteiger partial charge in [0.2, 0.25) is 5.95 Å². The van der Waals surface area contributed by atoms with Crippen LogP contribution in [0.4, 0.5) is 4.39 Å². The zero-order valence-corrected chi connectivity index (χ0v) is 34.4. The van der Waals surface area contributed by atoms with Crippen LogP contribution in [-0.4, -0.2) is 29.9 Å². The minimum atomic E-state index is -0.385. The van der Waals surface area contributed by atoms with Crippen LogP contribution < -0.4 is 0 Å². The molecule has 0 aliphatic rings. The van der Waals surface area contributed by atoms with E-state index in [4.69, 9.17) is 11.6 Å². The Hall–Kier alpha value is -0.520. The first kappa shape index (κ1) is 42.5. The molecule has 43 heavy (non-hydrogen) atoms. The summed E-state index contributed by atoms with van der Waals surface area (Å²) in [6.45, 7) is 5.73.